The Hall–Kier alpha value is -2.05. The highest BCUT2D eigenvalue weighted by molar-refractivity contribution is 5.70. The lowest BCUT2D eigenvalue weighted by Gasteiger charge is -2.22. The number of nitrogens with one attached hydrogen (secondary N) is 1. The van der Waals surface area contributed by atoms with Crippen LogP contribution in [0.4, 0.5) is 10.6 Å². The van der Waals surface area contributed by atoms with E-state index in [-0.39, 0.29) is 11.9 Å². The highest BCUT2D eigenvalue weighted by Crippen LogP contribution is 2.33. The van der Waals surface area contributed by atoms with Crippen molar-refractivity contribution in [2.24, 2.45) is 5.92 Å². The highest BCUT2D eigenvalue weighted by atomic mass is 16.6. The van der Waals surface area contributed by atoms with E-state index in [1.165, 1.54) is 25.5 Å². The smallest absolute Gasteiger partial charge is 0.414 e. The van der Waals surface area contributed by atoms with E-state index in [2.05, 4.69) is 20.2 Å². The molecule has 1 aliphatic heterocycles. The van der Waals surface area contributed by atoms with Crippen LogP contribution in [0.1, 0.15) is 57.8 Å². The maximum absolute atomic E-state index is 12.2. The summed E-state index contributed by atoms with van der Waals surface area (Å²) in [5.41, 5.74) is 0. The summed E-state index contributed by atoms with van der Waals surface area (Å²) in [5.74, 6) is 2.08. The summed E-state index contributed by atoms with van der Waals surface area (Å²) in [6.07, 6.45) is 11.4. The van der Waals surface area contributed by atoms with Gasteiger partial charge in [0.2, 0.25) is 5.88 Å². The molecule has 7 heteroatoms. The van der Waals surface area contributed by atoms with E-state index in [0.717, 1.165) is 57.4 Å². The van der Waals surface area contributed by atoms with E-state index in [0.29, 0.717) is 18.4 Å². The van der Waals surface area contributed by atoms with Gasteiger partial charge in [0.25, 0.3) is 5.88 Å². The van der Waals surface area contributed by atoms with Gasteiger partial charge in [0.15, 0.2) is 5.82 Å². The fourth-order valence-corrected chi connectivity index (χ4v) is 3.66. The minimum absolute atomic E-state index is 0.201. The minimum atomic E-state index is -0.451. The van der Waals surface area contributed by atoms with E-state index < -0.39 is 6.09 Å². The lowest BCUT2D eigenvalue weighted by molar-refractivity contribution is 0.189. The van der Waals surface area contributed by atoms with Crippen molar-refractivity contribution in [3.05, 3.63) is 6.20 Å². The van der Waals surface area contributed by atoms with Crippen LogP contribution in [0.5, 0.6) is 11.8 Å². The molecule has 26 heavy (non-hydrogen) atoms. The SMILES string of the molecule is O=C(NC1CCCCC1)Oc1cnc(N2CCCC2)c(OCC2CC2)n1. The van der Waals surface area contributed by atoms with Gasteiger partial charge in [-0.2, -0.15) is 4.98 Å². The average Bonchev–Trinajstić information content (AvgIpc) is 3.33. The number of anilines is 1. The third-order valence-corrected chi connectivity index (χ3v) is 5.38. The molecule has 0 atom stereocenters. The Kier molecular flexibility index (Phi) is 5.41. The van der Waals surface area contributed by atoms with Gasteiger partial charge in [0.05, 0.1) is 12.8 Å². The highest BCUT2D eigenvalue weighted by Gasteiger charge is 2.26. The third-order valence-electron chi connectivity index (χ3n) is 5.38. The molecule has 1 aromatic heterocycles. The van der Waals surface area contributed by atoms with Crippen LogP contribution in [0.2, 0.25) is 0 Å². The van der Waals surface area contributed by atoms with Crippen molar-refractivity contribution < 1.29 is 14.3 Å². The monoisotopic (exact) mass is 360 g/mol. The lowest BCUT2D eigenvalue weighted by Crippen LogP contribution is -2.38. The lowest BCUT2D eigenvalue weighted by atomic mass is 9.96. The standard InChI is InChI=1S/C19H28N4O3/c24-19(21-15-6-2-1-3-7-15)26-16-12-20-17(23-10-4-5-11-23)18(22-16)25-13-14-8-9-14/h12,14-15H,1-11,13H2,(H,21,24). The summed E-state index contributed by atoms with van der Waals surface area (Å²) in [7, 11) is 0. The fraction of sp³-hybridized carbons (Fsp3) is 0.737. The second-order valence-corrected chi connectivity index (χ2v) is 7.65. The number of carbonyl (C=O) groups excluding carboxylic acids is 1. The molecule has 2 heterocycles. The minimum Gasteiger partial charge on any atom is -0.475 e. The Morgan fingerprint density at radius 3 is 2.62 bits per heavy atom. The number of carbonyl (C=O) groups is 1. The largest absolute Gasteiger partial charge is 0.475 e. The number of rotatable bonds is 6. The summed E-state index contributed by atoms with van der Waals surface area (Å²) in [4.78, 5) is 23.3. The predicted molar refractivity (Wildman–Crippen MR) is 97.7 cm³/mol. The fourth-order valence-electron chi connectivity index (χ4n) is 3.66. The molecule has 3 aliphatic rings. The normalized spacial score (nSPS) is 20.8. The molecule has 1 amide bonds. The van der Waals surface area contributed by atoms with Crippen molar-refractivity contribution in [3.8, 4) is 11.8 Å². The molecule has 0 spiro atoms. The van der Waals surface area contributed by atoms with E-state index >= 15 is 0 Å². The van der Waals surface area contributed by atoms with Gasteiger partial charge in [-0.3, -0.25) is 0 Å². The van der Waals surface area contributed by atoms with Crippen molar-refractivity contribution in [1.82, 2.24) is 15.3 Å². The summed E-state index contributed by atoms with van der Waals surface area (Å²) in [6.45, 7) is 2.60. The molecule has 3 fully saturated rings. The van der Waals surface area contributed by atoms with Gasteiger partial charge in [-0.25, -0.2) is 9.78 Å². The summed E-state index contributed by atoms with van der Waals surface area (Å²) >= 11 is 0. The van der Waals surface area contributed by atoms with Crippen molar-refractivity contribution in [2.75, 3.05) is 24.6 Å². The molecule has 2 aliphatic carbocycles. The molecule has 1 N–H and O–H groups in total. The molecule has 0 bridgehead atoms. The maximum Gasteiger partial charge on any atom is 0.414 e. The molecule has 142 valence electrons. The number of aromatic nitrogens is 2. The number of hydrogen-bond acceptors (Lipinski definition) is 6. The van der Waals surface area contributed by atoms with Crippen molar-refractivity contribution in [3.63, 3.8) is 0 Å². The Balaban J connectivity index is 1.41. The first-order valence-corrected chi connectivity index (χ1v) is 10.0. The molecule has 1 aromatic rings. The Bertz CT molecular complexity index is 623. The first kappa shape index (κ1) is 17.4. The van der Waals surface area contributed by atoms with Crippen molar-refractivity contribution >= 4 is 11.9 Å². The van der Waals surface area contributed by atoms with Gasteiger partial charge in [-0.1, -0.05) is 19.3 Å². The van der Waals surface area contributed by atoms with E-state index in [1.54, 1.807) is 0 Å². The van der Waals surface area contributed by atoms with E-state index in [1.807, 2.05) is 0 Å². The van der Waals surface area contributed by atoms with Gasteiger partial charge in [0.1, 0.15) is 0 Å². The number of hydrogen-bond donors (Lipinski definition) is 1. The van der Waals surface area contributed by atoms with Crippen LogP contribution >= 0.6 is 0 Å². The zero-order chi connectivity index (χ0) is 17.8. The summed E-state index contributed by atoms with van der Waals surface area (Å²) in [5, 5.41) is 2.94. The zero-order valence-electron chi connectivity index (χ0n) is 15.3. The van der Waals surface area contributed by atoms with Gasteiger partial charge in [-0.15, -0.1) is 0 Å². The maximum atomic E-state index is 12.2. The quantitative estimate of drug-likeness (QED) is 0.839. The van der Waals surface area contributed by atoms with Gasteiger partial charge < -0.3 is 19.7 Å². The summed E-state index contributed by atoms with van der Waals surface area (Å²) in [6, 6.07) is 0.207. The Morgan fingerprint density at radius 2 is 1.88 bits per heavy atom. The Labute approximate surface area is 154 Å². The molecular formula is C19H28N4O3. The number of nitrogens with zero attached hydrogens (tertiary/aromatic N) is 3. The van der Waals surface area contributed by atoms with E-state index in [9.17, 15) is 4.79 Å². The molecule has 0 aromatic carbocycles. The topological polar surface area (TPSA) is 76.6 Å². The van der Waals surface area contributed by atoms with Crippen LogP contribution in [0, 0.1) is 5.92 Å². The predicted octanol–water partition coefficient (Wildman–Crippen LogP) is 3.29. The second-order valence-electron chi connectivity index (χ2n) is 7.65. The molecule has 4 rings (SSSR count). The van der Waals surface area contributed by atoms with Gasteiger partial charge >= 0.3 is 6.09 Å². The average molecular weight is 360 g/mol. The summed E-state index contributed by atoms with van der Waals surface area (Å²) < 4.78 is 11.3. The van der Waals surface area contributed by atoms with Crippen LogP contribution in [0.15, 0.2) is 6.20 Å². The molecule has 0 unspecified atom stereocenters. The Morgan fingerprint density at radius 1 is 1.12 bits per heavy atom. The molecular weight excluding hydrogens is 332 g/mol. The molecule has 1 saturated heterocycles. The first-order chi connectivity index (χ1) is 12.8. The van der Waals surface area contributed by atoms with Crippen molar-refractivity contribution in [1.29, 1.82) is 0 Å². The second kappa shape index (κ2) is 8.10. The number of ether oxygens (including phenoxy) is 2. The molecule has 0 radical (unpaired) electrons. The van der Waals surface area contributed by atoms with Crippen LogP contribution in [-0.2, 0) is 0 Å². The van der Waals surface area contributed by atoms with Gasteiger partial charge in [0, 0.05) is 19.1 Å². The number of amides is 1. The van der Waals surface area contributed by atoms with Crippen molar-refractivity contribution in [2.45, 2.75) is 63.8 Å². The van der Waals surface area contributed by atoms with Crippen LogP contribution in [0.25, 0.3) is 0 Å². The van der Waals surface area contributed by atoms with Crippen LogP contribution in [-0.4, -0.2) is 41.8 Å². The van der Waals surface area contributed by atoms with E-state index in [4.69, 9.17) is 9.47 Å². The van der Waals surface area contributed by atoms with Gasteiger partial charge in [-0.05, 0) is 44.4 Å². The first-order valence-electron chi connectivity index (χ1n) is 10.0. The third kappa shape index (κ3) is 4.56. The molecule has 7 nitrogen and oxygen atoms in total. The molecule has 2 saturated carbocycles. The zero-order valence-corrected chi connectivity index (χ0v) is 15.3. The van der Waals surface area contributed by atoms with Crippen LogP contribution in [0.3, 0.4) is 0 Å². The van der Waals surface area contributed by atoms with Crippen LogP contribution < -0.4 is 19.7 Å².